The lowest BCUT2D eigenvalue weighted by Gasteiger charge is -2.19. The van der Waals surface area contributed by atoms with Crippen LogP contribution in [0.15, 0.2) is 36.4 Å². The zero-order valence-electron chi connectivity index (χ0n) is 12.6. The molecule has 2 aromatic carbocycles. The molecule has 0 radical (unpaired) electrons. The number of hydrogen-bond acceptors (Lipinski definition) is 2. The second kappa shape index (κ2) is 7.30. The highest BCUT2D eigenvalue weighted by Gasteiger charge is 2.15. The van der Waals surface area contributed by atoms with Gasteiger partial charge in [0.2, 0.25) is 0 Å². The van der Waals surface area contributed by atoms with E-state index in [0.717, 1.165) is 12.2 Å². The minimum atomic E-state index is 0.0502. The second-order valence-electron chi connectivity index (χ2n) is 5.23. The van der Waals surface area contributed by atoms with Crippen LogP contribution in [0.3, 0.4) is 0 Å². The van der Waals surface area contributed by atoms with Gasteiger partial charge in [-0.1, -0.05) is 56.5 Å². The Balaban J connectivity index is 2.38. The maximum atomic E-state index is 6.45. The van der Waals surface area contributed by atoms with Gasteiger partial charge in [-0.25, -0.2) is 0 Å². The van der Waals surface area contributed by atoms with Crippen LogP contribution in [0.25, 0.3) is 10.8 Å². The van der Waals surface area contributed by atoms with Crippen molar-refractivity contribution in [2.24, 2.45) is 5.73 Å². The Morgan fingerprint density at radius 1 is 1.05 bits per heavy atom. The van der Waals surface area contributed by atoms with Crippen LogP contribution in [0.1, 0.15) is 51.1 Å². The fourth-order valence-electron chi connectivity index (χ4n) is 2.70. The van der Waals surface area contributed by atoms with Gasteiger partial charge in [-0.3, -0.25) is 0 Å². The van der Waals surface area contributed by atoms with Crippen molar-refractivity contribution in [2.45, 2.75) is 45.6 Å². The molecule has 0 aliphatic heterocycles. The molecule has 0 spiro atoms. The smallest absolute Gasteiger partial charge is 0.124 e. The lowest BCUT2D eigenvalue weighted by molar-refractivity contribution is 0.334. The Labute approximate surface area is 121 Å². The molecule has 0 bridgehead atoms. The summed E-state index contributed by atoms with van der Waals surface area (Å²) in [6.45, 7) is 4.91. The molecule has 0 saturated carbocycles. The molecule has 2 rings (SSSR count). The average molecular weight is 271 g/mol. The van der Waals surface area contributed by atoms with Crippen molar-refractivity contribution in [3.05, 3.63) is 42.0 Å². The molecule has 0 aliphatic rings. The first-order valence-corrected chi connectivity index (χ1v) is 7.68. The van der Waals surface area contributed by atoms with Crippen LogP contribution in [0.5, 0.6) is 5.75 Å². The second-order valence-corrected chi connectivity index (χ2v) is 5.23. The average Bonchev–Trinajstić information content (AvgIpc) is 2.47. The van der Waals surface area contributed by atoms with Crippen LogP contribution in [-0.2, 0) is 0 Å². The van der Waals surface area contributed by atoms with E-state index >= 15 is 0 Å². The van der Waals surface area contributed by atoms with E-state index in [1.807, 2.05) is 6.92 Å². The Morgan fingerprint density at radius 3 is 2.60 bits per heavy atom. The third kappa shape index (κ3) is 3.31. The molecule has 0 unspecified atom stereocenters. The van der Waals surface area contributed by atoms with E-state index in [9.17, 15) is 0 Å². The molecule has 108 valence electrons. The van der Waals surface area contributed by atoms with Gasteiger partial charge in [0.15, 0.2) is 0 Å². The number of benzene rings is 2. The first kappa shape index (κ1) is 14.9. The molecule has 0 aromatic heterocycles. The van der Waals surface area contributed by atoms with Gasteiger partial charge in [0, 0.05) is 11.6 Å². The molecule has 0 heterocycles. The third-order valence-corrected chi connectivity index (χ3v) is 3.72. The van der Waals surface area contributed by atoms with Crippen molar-refractivity contribution in [1.29, 1.82) is 0 Å². The summed E-state index contributed by atoms with van der Waals surface area (Å²) in [5, 5.41) is 2.46. The zero-order chi connectivity index (χ0) is 14.4. The van der Waals surface area contributed by atoms with Gasteiger partial charge in [-0.15, -0.1) is 0 Å². The first-order chi connectivity index (χ1) is 9.77. The standard InChI is InChI=1S/C18H25NO/c1-3-5-6-11-16(19)18-15-10-8-7-9-14(15)12-13-17(18)20-4-2/h7-10,12-13,16H,3-6,11,19H2,1-2H3/t16-/m0/s1. The van der Waals surface area contributed by atoms with Crippen LogP contribution in [0, 0.1) is 0 Å². The molecule has 2 aromatic rings. The van der Waals surface area contributed by atoms with Gasteiger partial charge in [0.05, 0.1) is 6.61 Å². The Kier molecular flexibility index (Phi) is 5.42. The third-order valence-electron chi connectivity index (χ3n) is 3.72. The van der Waals surface area contributed by atoms with Gasteiger partial charge in [0.1, 0.15) is 5.75 Å². The summed E-state index contributed by atoms with van der Waals surface area (Å²) in [4.78, 5) is 0. The number of ether oxygens (including phenoxy) is 1. The first-order valence-electron chi connectivity index (χ1n) is 7.68. The molecule has 20 heavy (non-hydrogen) atoms. The minimum Gasteiger partial charge on any atom is -0.494 e. The quantitative estimate of drug-likeness (QED) is 0.733. The van der Waals surface area contributed by atoms with Crippen LogP contribution < -0.4 is 10.5 Å². The molecule has 2 N–H and O–H groups in total. The van der Waals surface area contributed by atoms with Crippen LogP contribution in [0.2, 0.25) is 0 Å². The van der Waals surface area contributed by atoms with Gasteiger partial charge in [-0.2, -0.15) is 0 Å². The SMILES string of the molecule is CCCCC[C@H](N)c1c(OCC)ccc2ccccc12. The van der Waals surface area contributed by atoms with Crippen LogP contribution >= 0.6 is 0 Å². The van der Waals surface area contributed by atoms with Crippen molar-refractivity contribution in [1.82, 2.24) is 0 Å². The van der Waals surface area contributed by atoms with E-state index < -0.39 is 0 Å². The molecule has 0 saturated heterocycles. The minimum absolute atomic E-state index is 0.0502. The highest BCUT2D eigenvalue weighted by molar-refractivity contribution is 5.88. The van der Waals surface area contributed by atoms with Crippen molar-refractivity contribution >= 4 is 10.8 Å². The molecule has 2 nitrogen and oxygen atoms in total. The Morgan fingerprint density at radius 2 is 1.85 bits per heavy atom. The summed E-state index contributed by atoms with van der Waals surface area (Å²) in [6, 6.07) is 12.6. The summed E-state index contributed by atoms with van der Waals surface area (Å²) in [5.41, 5.74) is 7.62. The molecule has 0 fully saturated rings. The van der Waals surface area contributed by atoms with Crippen LogP contribution in [-0.4, -0.2) is 6.61 Å². The topological polar surface area (TPSA) is 35.2 Å². The summed E-state index contributed by atoms with van der Waals surface area (Å²) in [5.74, 6) is 0.940. The highest BCUT2D eigenvalue weighted by atomic mass is 16.5. The van der Waals surface area contributed by atoms with Crippen LogP contribution in [0.4, 0.5) is 0 Å². The number of hydrogen-bond donors (Lipinski definition) is 1. The van der Waals surface area contributed by atoms with Crippen molar-refractivity contribution < 1.29 is 4.74 Å². The Hall–Kier alpha value is -1.54. The maximum absolute atomic E-state index is 6.45. The summed E-state index contributed by atoms with van der Waals surface area (Å²) in [7, 11) is 0. The molecule has 2 heteroatoms. The van der Waals surface area contributed by atoms with E-state index in [1.54, 1.807) is 0 Å². The summed E-state index contributed by atoms with van der Waals surface area (Å²) >= 11 is 0. The molecule has 1 atom stereocenters. The predicted octanol–water partition coefficient (Wildman–Crippen LogP) is 4.82. The number of fused-ring (bicyclic) bond motifs is 1. The van der Waals surface area contributed by atoms with E-state index in [-0.39, 0.29) is 6.04 Å². The lowest BCUT2D eigenvalue weighted by Crippen LogP contribution is -2.13. The summed E-state index contributed by atoms with van der Waals surface area (Å²) < 4.78 is 5.79. The predicted molar refractivity (Wildman–Crippen MR) is 86.2 cm³/mol. The van der Waals surface area contributed by atoms with Crippen molar-refractivity contribution in [2.75, 3.05) is 6.61 Å². The van der Waals surface area contributed by atoms with Gasteiger partial charge < -0.3 is 10.5 Å². The zero-order valence-corrected chi connectivity index (χ0v) is 12.6. The number of rotatable bonds is 7. The normalized spacial score (nSPS) is 12.6. The summed E-state index contributed by atoms with van der Waals surface area (Å²) in [6.07, 6.45) is 4.65. The van der Waals surface area contributed by atoms with Gasteiger partial charge in [-0.05, 0) is 30.2 Å². The monoisotopic (exact) mass is 271 g/mol. The fourth-order valence-corrected chi connectivity index (χ4v) is 2.70. The highest BCUT2D eigenvalue weighted by Crippen LogP contribution is 2.34. The van der Waals surface area contributed by atoms with Gasteiger partial charge in [0.25, 0.3) is 0 Å². The lowest BCUT2D eigenvalue weighted by atomic mass is 9.94. The van der Waals surface area contributed by atoms with E-state index in [0.29, 0.717) is 6.61 Å². The fraction of sp³-hybridized carbons (Fsp3) is 0.444. The largest absolute Gasteiger partial charge is 0.494 e. The van der Waals surface area contributed by atoms with Gasteiger partial charge >= 0.3 is 0 Å². The molecule has 0 amide bonds. The molecular weight excluding hydrogens is 246 g/mol. The van der Waals surface area contributed by atoms with E-state index in [1.165, 1.54) is 35.6 Å². The maximum Gasteiger partial charge on any atom is 0.124 e. The van der Waals surface area contributed by atoms with Crippen molar-refractivity contribution in [3.8, 4) is 5.75 Å². The molecular formula is C18H25NO. The van der Waals surface area contributed by atoms with E-state index in [2.05, 4.69) is 43.3 Å². The molecule has 0 aliphatic carbocycles. The Bertz CT molecular complexity index is 550. The van der Waals surface area contributed by atoms with Crippen molar-refractivity contribution in [3.63, 3.8) is 0 Å². The number of nitrogens with two attached hydrogens (primary N) is 1. The number of unbranched alkanes of at least 4 members (excludes halogenated alkanes) is 2. The van der Waals surface area contributed by atoms with E-state index in [4.69, 9.17) is 10.5 Å².